The summed E-state index contributed by atoms with van der Waals surface area (Å²) in [6.07, 6.45) is 3.86. The highest BCUT2D eigenvalue weighted by Gasteiger charge is 2.32. The van der Waals surface area contributed by atoms with Crippen molar-refractivity contribution in [1.82, 2.24) is 0 Å². The zero-order valence-electron chi connectivity index (χ0n) is 9.74. The van der Waals surface area contributed by atoms with Gasteiger partial charge in [-0.1, -0.05) is 38.1 Å². The maximum atomic E-state index is 6.27. The predicted octanol–water partition coefficient (Wildman–Crippen LogP) is 3.29. The quantitative estimate of drug-likeness (QED) is 0.798. The smallest absolute Gasteiger partial charge is 0.0323 e. The zero-order valence-corrected chi connectivity index (χ0v) is 9.74. The summed E-state index contributed by atoms with van der Waals surface area (Å²) in [5, 5.41) is 0. The molecule has 1 aliphatic carbocycles. The van der Waals surface area contributed by atoms with Crippen LogP contribution in [-0.2, 0) is 6.42 Å². The van der Waals surface area contributed by atoms with Crippen molar-refractivity contribution in [2.75, 3.05) is 0 Å². The fraction of sp³-hybridized carbons (Fsp3) is 0.571. The van der Waals surface area contributed by atoms with E-state index in [2.05, 4.69) is 38.1 Å². The van der Waals surface area contributed by atoms with Crippen LogP contribution in [0.25, 0.3) is 0 Å². The third kappa shape index (κ3) is 2.40. The predicted molar refractivity (Wildman–Crippen MR) is 64.6 cm³/mol. The Balaban J connectivity index is 2.07. The van der Waals surface area contributed by atoms with Gasteiger partial charge in [-0.3, -0.25) is 0 Å². The molecule has 1 nitrogen and oxygen atoms in total. The highest BCUT2D eigenvalue weighted by Crippen LogP contribution is 2.41. The van der Waals surface area contributed by atoms with Gasteiger partial charge in [0, 0.05) is 6.04 Å². The lowest BCUT2D eigenvalue weighted by atomic mass is 9.91. The van der Waals surface area contributed by atoms with E-state index >= 15 is 0 Å². The van der Waals surface area contributed by atoms with Crippen molar-refractivity contribution in [2.24, 2.45) is 17.6 Å². The molecule has 0 saturated heterocycles. The van der Waals surface area contributed by atoms with Crippen LogP contribution < -0.4 is 5.73 Å². The first kappa shape index (κ1) is 10.7. The Hall–Kier alpha value is -0.820. The molecule has 0 heterocycles. The number of nitrogens with two attached hydrogens (primary N) is 1. The van der Waals surface area contributed by atoms with E-state index < -0.39 is 0 Å². The molecule has 0 amide bonds. The molecule has 15 heavy (non-hydrogen) atoms. The monoisotopic (exact) mass is 203 g/mol. The highest BCUT2D eigenvalue weighted by molar-refractivity contribution is 5.25. The Morgan fingerprint density at radius 1 is 1.27 bits per heavy atom. The van der Waals surface area contributed by atoms with E-state index in [-0.39, 0.29) is 6.04 Å². The molecule has 1 aliphatic rings. The van der Waals surface area contributed by atoms with E-state index in [1.807, 2.05) is 0 Å². The molecular formula is C14H21N. The number of benzene rings is 1. The summed E-state index contributed by atoms with van der Waals surface area (Å²) in [5.74, 6) is 1.52. The van der Waals surface area contributed by atoms with Gasteiger partial charge >= 0.3 is 0 Å². The fourth-order valence-electron chi connectivity index (χ4n) is 2.19. The summed E-state index contributed by atoms with van der Waals surface area (Å²) < 4.78 is 0. The van der Waals surface area contributed by atoms with Crippen molar-refractivity contribution in [3.63, 3.8) is 0 Å². The SMILES string of the molecule is CCc1ccc(C(N)C(C)C2CC2)cc1. The molecule has 0 bridgehead atoms. The summed E-state index contributed by atoms with van der Waals surface area (Å²) in [7, 11) is 0. The van der Waals surface area contributed by atoms with E-state index in [0.29, 0.717) is 5.92 Å². The van der Waals surface area contributed by atoms with Crippen LogP contribution in [-0.4, -0.2) is 0 Å². The second-order valence-corrected chi connectivity index (χ2v) is 4.82. The Kier molecular flexibility index (Phi) is 3.11. The fourth-order valence-corrected chi connectivity index (χ4v) is 2.19. The Morgan fingerprint density at radius 2 is 1.87 bits per heavy atom. The summed E-state index contributed by atoms with van der Waals surface area (Å²) in [6, 6.07) is 9.03. The number of rotatable bonds is 4. The van der Waals surface area contributed by atoms with Gasteiger partial charge < -0.3 is 5.73 Å². The summed E-state index contributed by atoms with van der Waals surface area (Å²) in [6.45, 7) is 4.47. The molecule has 2 unspecified atom stereocenters. The number of hydrogen-bond donors (Lipinski definition) is 1. The van der Waals surface area contributed by atoms with Gasteiger partial charge in [0.25, 0.3) is 0 Å². The van der Waals surface area contributed by atoms with Crippen LogP contribution in [0.3, 0.4) is 0 Å². The molecule has 0 aliphatic heterocycles. The van der Waals surface area contributed by atoms with Gasteiger partial charge in [-0.15, -0.1) is 0 Å². The van der Waals surface area contributed by atoms with Crippen LogP contribution in [0.4, 0.5) is 0 Å². The molecule has 0 radical (unpaired) electrons. The highest BCUT2D eigenvalue weighted by atomic mass is 14.7. The van der Waals surface area contributed by atoms with Gasteiger partial charge in [0.1, 0.15) is 0 Å². The summed E-state index contributed by atoms with van der Waals surface area (Å²) in [5.41, 5.74) is 8.96. The average molecular weight is 203 g/mol. The largest absolute Gasteiger partial charge is 0.324 e. The van der Waals surface area contributed by atoms with Gasteiger partial charge in [0.05, 0.1) is 0 Å². The molecule has 0 spiro atoms. The average Bonchev–Trinajstić information content (AvgIpc) is 3.11. The molecular weight excluding hydrogens is 182 g/mol. The number of aryl methyl sites for hydroxylation is 1. The molecule has 1 fully saturated rings. The first-order valence-corrected chi connectivity index (χ1v) is 6.06. The van der Waals surface area contributed by atoms with Crippen molar-refractivity contribution >= 4 is 0 Å². The third-order valence-electron chi connectivity index (χ3n) is 3.70. The van der Waals surface area contributed by atoms with E-state index in [4.69, 9.17) is 5.73 Å². The van der Waals surface area contributed by atoms with Gasteiger partial charge in [-0.05, 0) is 42.2 Å². The second-order valence-electron chi connectivity index (χ2n) is 4.82. The zero-order chi connectivity index (χ0) is 10.8. The first-order valence-electron chi connectivity index (χ1n) is 6.06. The lowest BCUT2D eigenvalue weighted by molar-refractivity contribution is 0.417. The van der Waals surface area contributed by atoms with Crippen molar-refractivity contribution in [1.29, 1.82) is 0 Å². The van der Waals surface area contributed by atoms with Crippen LogP contribution in [0, 0.1) is 11.8 Å². The Morgan fingerprint density at radius 3 is 2.33 bits per heavy atom. The van der Waals surface area contributed by atoms with Crippen LogP contribution in [0.5, 0.6) is 0 Å². The third-order valence-corrected chi connectivity index (χ3v) is 3.70. The Bertz CT molecular complexity index is 311. The van der Waals surface area contributed by atoms with E-state index in [9.17, 15) is 0 Å². The van der Waals surface area contributed by atoms with Crippen molar-refractivity contribution in [3.05, 3.63) is 35.4 Å². The first-order chi connectivity index (χ1) is 7.22. The van der Waals surface area contributed by atoms with Gasteiger partial charge in [-0.2, -0.15) is 0 Å². The van der Waals surface area contributed by atoms with Gasteiger partial charge in [-0.25, -0.2) is 0 Å². The van der Waals surface area contributed by atoms with E-state index in [1.165, 1.54) is 24.0 Å². The maximum Gasteiger partial charge on any atom is 0.0323 e. The van der Waals surface area contributed by atoms with E-state index in [1.54, 1.807) is 0 Å². The maximum absolute atomic E-state index is 6.27. The van der Waals surface area contributed by atoms with Crippen molar-refractivity contribution in [2.45, 2.75) is 39.2 Å². The molecule has 1 saturated carbocycles. The number of hydrogen-bond acceptors (Lipinski definition) is 1. The molecule has 0 aromatic heterocycles. The lowest BCUT2D eigenvalue weighted by Crippen LogP contribution is -2.20. The van der Waals surface area contributed by atoms with Crippen molar-refractivity contribution in [3.8, 4) is 0 Å². The van der Waals surface area contributed by atoms with Gasteiger partial charge in [0.15, 0.2) is 0 Å². The minimum absolute atomic E-state index is 0.225. The topological polar surface area (TPSA) is 26.0 Å². The lowest BCUT2D eigenvalue weighted by Gasteiger charge is -2.20. The molecule has 1 aromatic rings. The van der Waals surface area contributed by atoms with E-state index in [0.717, 1.165) is 12.3 Å². The molecule has 2 N–H and O–H groups in total. The minimum Gasteiger partial charge on any atom is -0.324 e. The Labute approximate surface area is 92.7 Å². The van der Waals surface area contributed by atoms with Crippen LogP contribution in [0.2, 0.25) is 0 Å². The van der Waals surface area contributed by atoms with Crippen molar-refractivity contribution < 1.29 is 0 Å². The van der Waals surface area contributed by atoms with Crippen LogP contribution in [0.15, 0.2) is 24.3 Å². The molecule has 2 atom stereocenters. The molecule has 82 valence electrons. The minimum atomic E-state index is 0.225. The van der Waals surface area contributed by atoms with Crippen LogP contribution in [0.1, 0.15) is 43.9 Å². The normalized spacial score (nSPS) is 19.9. The van der Waals surface area contributed by atoms with Gasteiger partial charge in [0.2, 0.25) is 0 Å². The summed E-state index contributed by atoms with van der Waals surface area (Å²) in [4.78, 5) is 0. The molecule has 2 rings (SSSR count). The summed E-state index contributed by atoms with van der Waals surface area (Å²) >= 11 is 0. The second kappa shape index (κ2) is 4.36. The van der Waals surface area contributed by atoms with Crippen LogP contribution >= 0.6 is 0 Å². The molecule has 1 aromatic carbocycles. The molecule has 1 heteroatoms. The standard InChI is InChI=1S/C14H21N/c1-3-11-4-6-13(7-5-11)14(15)10(2)12-8-9-12/h4-7,10,12,14H,3,8-9,15H2,1-2H3.